The molecular weight excluding hydrogens is 358 g/mol. The second-order valence-electron chi connectivity index (χ2n) is 5.09. The van der Waals surface area contributed by atoms with Crippen LogP contribution in [0, 0.1) is 6.92 Å². The molecule has 0 saturated carbocycles. The van der Waals surface area contributed by atoms with Crippen LogP contribution >= 0.6 is 23.1 Å². The molecule has 0 aliphatic carbocycles. The summed E-state index contributed by atoms with van der Waals surface area (Å²) in [6, 6.07) is 7.67. The Labute approximate surface area is 153 Å². The molecule has 0 aliphatic rings. The minimum atomic E-state index is -0.270. The van der Waals surface area contributed by atoms with Crippen molar-refractivity contribution in [3.05, 3.63) is 29.3 Å². The molecule has 0 saturated heterocycles. The van der Waals surface area contributed by atoms with E-state index in [0.29, 0.717) is 11.6 Å². The Bertz CT molecular complexity index is 894. The van der Waals surface area contributed by atoms with E-state index in [1.165, 1.54) is 11.8 Å². The van der Waals surface area contributed by atoms with E-state index >= 15 is 0 Å². The second kappa shape index (κ2) is 7.79. The maximum atomic E-state index is 11.6. The van der Waals surface area contributed by atoms with E-state index in [0.717, 1.165) is 32.2 Å². The third kappa shape index (κ3) is 3.91. The van der Waals surface area contributed by atoms with Crippen LogP contribution < -0.4 is 4.74 Å². The number of carbonyl (C=O) groups is 1. The van der Waals surface area contributed by atoms with Crippen molar-refractivity contribution in [2.75, 3.05) is 19.5 Å². The number of hydrogen-bond donors (Lipinski definition) is 0. The van der Waals surface area contributed by atoms with Crippen molar-refractivity contribution >= 4 is 39.3 Å². The molecule has 0 aliphatic heterocycles. The van der Waals surface area contributed by atoms with Crippen molar-refractivity contribution in [1.29, 1.82) is 0 Å². The van der Waals surface area contributed by atoms with E-state index in [1.54, 1.807) is 25.4 Å². The van der Waals surface area contributed by atoms with Gasteiger partial charge >= 0.3 is 5.97 Å². The highest BCUT2D eigenvalue weighted by atomic mass is 32.2. The molecule has 0 unspecified atom stereocenters. The summed E-state index contributed by atoms with van der Waals surface area (Å²) in [5, 5.41) is 10.2. The Morgan fingerprint density at radius 2 is 2.00 bits per heavy atom. The number of benzene rings is 1. The standard InChI is InChI=1S/C17H17N3O3S2/c1-4-23-13(21)9-24-17-15-16(25-10(2)18-15)14(19-20-17)11-5-7-12(22-3)8-6-11/h5-8H,4,9H2,1-3H3. The van der Waals surface area contributed by atoms with Crippen molar-refractivity contribution in [2.24, 2.45) is 0 Å². The van der Waals surface area contributed by atoms with Crippen LogP contribution in [0.15, 0.2) is 29.3 Å². The van der Waals surface area contributed by atoms with Gasteiger partial charge < -0.3 is 9.47 Å². The number of thiazole rings is 1. The molecule has 25 heavy (non-hydrogen) atoms. The summed E-state index contributed by atoms with van der Waals surface area (Å²) in [4.78, 5) is 16.2. The van der Waals surface area contributed by atoms with Gasteiger partial charge in [0.25, 0.3) is 0 Å². The first kappa shape index (κ1) is 17.6. The average molecular weight is 375 g/mol. The van der Waals surface area contributed by atoms with Crippen molar-refractivity contribution in [1.82, 2.24) is 15.2 Å². The van der Waals surface area contributed by atoms with Gasteiger partial charge in [-0.25, -0.2) is 4.98 Å². The minimum absolute atomic E-state index is 0.191. The Hall–Kier alpha value is -2.19. The fourth-order valence-electron chi connectivity index (χ4n) is 2.29. The fraction of sp³-hybridized carbons (Fsp3) is 0.294. The van der Waals surface area contributed by atoms with Gasteiger partial charge in [0.05, 0.1) is 29.2 Å². The van der Waals surface area contributed by atoms with Crippen LogP contribution in [-0.2, 0) is 9.53 Å². The average Bonchev–Trinajstić information content (AvgIpc) is 3.01. The molecule has 8 heteroatoms. The number of aromatic nitrogens is 3. The number of nitrogens with zero attached hydrogens (tertiary/aromatic N) is 3. The smallest absolute Gasteiger partial charge is 0.316 e. The van der Waals surface area contributed by atoms with Crippen molar-refractivity contribution < 1.29 is 14.3 Å². The molecular formula is C17H17N3O3S2. The van der Waals surface area contributed by atoms with E-state index in [-0.39, 0.29) is 11.7 Å². The normalized spacial score (nSPS) is 10.8. The molecule has 2 heterocycles. The summed E-state index contributed by atoms with van der Waals surface area (Å²) in [7, 11) is 1.63. The van der Waals surface area contributed by atoms with Crippen LogP contribution in [0.3, 0.4) is 0 Å². The third-order valence-corrected chi connectivity index (χ3v) is 5.29. The van der Waals surface area contributed by atoms with Gasteiger partial charge in [-0.3, -0.25) is 4.79 Å². The zero-order valence-electron chi connectivity index (χ0n) is 14.1. The predicted octanol–water partition coefficient (Wildman–Crippen LogP) is 3.73. The predicted molar refractivity (Wildman–Crippen MR) is 99.3 cm³/mol. The van der Waals surface area contributed by atoms with E-state index in [1.807, 2.05) is 31.2 Å². The summed E-state index contributed by atoms with van der Waals surface area (Å²) < 4.78 is 11.1. The van der Waals surface area contributed by atoms with E-state index in [9.17, 15) is 4.79 Å². The van der Waals surface area contributed by atoms with Crippen LogP contribution in [0.2, 0.25) is 0 Å². The monoisotopic (exact) mass is 375 g/mol. The topological polar surface area (TPSA) is 74.2 Å². The fourth-order valence-corrected chi connectivity index (χ4v) is 4.00. The lowest BCUT2D eigenvalue weighted by molar-refractivity contribution is -0.139. The van der Waals surface area contributed by atoms with E-state index in [4.69, 9.17) is 9.47 Å². The molecule has 0 bridgehead atoms. The highest BCUT2D eigenvalue weighted by Crippen LogP contribution is 2.35. The Kier molecular flexibility index (Phi) is 5.50. The number of ether oxygens (including phenoxy) is 2. The van der Waals surface area contributed by atoms with Crippen LogP contribution in [0.5, 0.6) is 5.75 Å². The Morgan fingerprint density at radius 3 is 2.68 bits per heavy atom. The number of thioether (sulfide) groups is 1. The largest absolute Gasteiger partial charge is 0.497 e. The molecule has 0 fully saturated rings. The van der Waals surface area contributed by atoms with E-state index in [2.05, 4.69) is 15.2 Å². The molecule has 0 N–H and O–H groups in total. The summed E-state index contributed by atoms with van der Waals surface area (Å²) in [6.07, 6.45) is 0. The van der Waals surface area contributed by atoms with Gasteiger partial charge in [-0.1, -0.05) is 11.8 Å². The first-order chi connectivity index (χ1) is 12.1. The highest BCUT2D eigenvalue weighted by molar-refractivity contribution is 8.00. The van der Waals surface area contributed by atoms with Crippen LogP contribution in [0.1, 0.15) is 11.9 Å². The van der Waals surface area contributed by atoms with Gasteiger partial charge in [0.2, 0.25) is 0 Å². The Balaban J connectivity index is 1.96. The SMILES string of the molecule is CCOC(=O)CSc1nnc(-c2ccc(OC)cc2)c2sc(C)nc12. The van der Waals surface area contributed by atoms with Gasteiger partial charge in [0.15, 0.2) is 0 Å². The lowest BCUT2D eigenvalue weighted by Gasteiger charge is -2.06. The number of esters is 1. The number of fused-ring (bicyclic) bond motifs is 1. The molecule has 1 aromatic carbocycles. The Morgan fingerprint density at radius 1 is 1.24 bits per heavy atom. The molecule has 0 spiro atoms. The van der Waals surface area contributed by atoms with Gasteiger partial charge in [0, 0.05) is 5.56 Å². The number of hydrogen-bond acceptors (Lipinski definition) is 8. The lowest BCUT2D eigenvalue weighted by Crippen LogP contribution is -2.07. The highest BCUT2D eigenvalue weighted by Gasteiger charge is 2.17. The third-order valence-electron chi connectivity index (χ3n) is 3.39. The summed E-state index contributed by atoms with van der Waals surface area (Å²) >= 11 is 2.87. The van der Waals surface area contributed by atoms with Gasteiger partial charge in [-0.2, -0.15) is 0 Å². The van der Waals surface area contributed by atoms with Crippen LogP contribution in [0.25, 0.3) is 21.5 Å². The molecule has 0 amide bonds. The van der Waals surface area contributed by atoms with Gasteiger partial charge in [-0.05, 0) is 38.1 Å². The zero-order valence-corrected chi connectivity index (χ0v) is 15.7. The van der Waals surface area contributed by atoms with Gasteiger partial charge in [-0.15, -0.1) is 21.5 Å². The maximum Gasteiger partial charge on any atom is 0.316 e. The van der Waals surface area contributed by atoms with Crippen molar-refractivity contribution in [2.45, 2.75) is 18.9 Å². The molecule has 3 rings (SSSR count). The quantitative estimate of drug-likeness (QED) is 0.480. The first-order valence-corrected chi connectivity index (χ1v) is 9.49. The number of aryl methyl sites for hydroxylation is 1. The molecule has 2 aromatic heterocycles. The molecule has 0 radical (unpaired) electrons. The summed E-state index contributed by atoms with van der Waals surface area (Å²) in [5.74, 6) is 0.708. The first-order valence-electron chi connectivity index (χ1n) is 7.69. The molecule has 0 atom stereocenters. The zero-order chi connectivity index (χ0) is 17.8. The van der Waals surface area contributed by atoms with Crippen LogP contribution in [-0.4, -0.2) is 40.6 Å². The lowest BCUT2D eigenvalue weighted by atomic mass is 10.1. The van der Waals surface area contributed by atoms with Crippen molar-refractivity contribution in [3.8, 4) is 17.0 Å². The second-order valence-corrected chi connectivity index (χ2v) is 7.25. The molecule has 3 aromatic rings. The summed E-state index contributed by atoms with van der Waals surface area (Å²) in [6.45, 7) is 4.10. The number of methoxy groups -OCH3 is 1. The maximum absolute atomic E-state index is 11.6. The molecule has 130 valence electrons. The molecule has 6 nitrogen and oxygen atoms in total. The van der Waals surface area contributed by atoms with Crippen molar-refractivity contribution in [3.63, 3.8) is 0 Å². The van der Waals surface area contributed by atoms with Crippen LogP contribution in [0.4, 0.5) is 0 Å². The summed E-state index contributed by atoms with van der Waals surface area (Å²) in [5.41, 5.74) is 2.50. The van der Waals surface area contributed by atoms with Gasteiger partial charge in [0.1, 0.15) is 22.0 Å². The van der Waals surface area contributed by atoms with E-state index < -0.39 is 0 Å². The minimum Gasteiger partial charge on any atom is -0.497 e. The number of carbonyl (C=O) groups excluding carboxylic acids is 1. The number of rotatable bonds is 6.